The van der Waals surface area contributed by atoms with Crippen molar-refractivity contribution in [3.05, 3.63) is 18.0 Å². The van der Waals surface area contributed by atoms with Crippen molar-refractivity contribution in [2.24, 2.45) is 11.8 Å². The van der Waals surface area contributed by atoms with E-state index >= 15 is 0 Å². The summed E-state index contributed by atoms with van der Waals surface area (Å²) in [4.78, 5) is 14.9. The molecule has 1 amide bonds. The van der Waals surface area contributed by atoms with E-state index in [0.29, 0.717) is 11.7 Å². The molecule has 3 heterocycles. The van der Waals surface area contributed by atoms with Crippen molar-refractivity contribution in [1.82, 2.24) is 25.3 Å². The summed E-state index contributed by atoms with van der Waals surface area (Å²) in [6.45, 7) is 11.1. The smallest absolute Gasteiger partial charge is 0.271 e. The molecule has 2 N–H and O–H groups in total. The van der Waals surface area contributed by atoms with Crippen LogP contribution in [-0.2, 0) is 0 Å². The minimum atomic E-state index is -0.0484. The molecular formula is C20H36ClN5O. The van der Waals surface area contributed by atoms with Gasteiger partial charge in [0.05, 0.1) is 6.04 Å². The Balaban J connectivity index is 0.00000261. The van der Waals surface area contributed by atoms with Gasteiger partial charge in [-0.15, -0.1) is 12.4 Å². The second-order valence-corrected chi connectivity index (χ2v) is 8.35. The maximum Gasteiger partial charge on any atom is 0.271 e. The molecular weight excluding hydrogens is 362 g/mol. The summed E-state index contributed by atoms with van der Waals surface area (Å²) in [5, 5.41) is 10.9. The summed E-state index contributed by atoms with van der Waals surface area (Å²) in [5.41, 5.74) is 0.536. The molecule has 1 aromatic rings. The predicted molar refractivity (Wildman–Crippen MR) is 112 cm³/mol. The Morgan fingerprint density at radius 3 is 2.78 bits per heavy atom. The van der Waals surface area contributed by atoms with Gasteiger partial charge in [0.25, 0.3) is 5.91 Å². The maximum atomic E-state index is 12.3. The van der Waals surface area contributed by atoms with Gasteiger partial charge in [0.15, 0.2) is 0 Å². The average Bonchev–Trinajstić information content (AvgIpc) is 3.11. The summed E-state index contributed by atoms with van der Waals surface area (Å²) in [5.74, 6) is 1.58. The quantitative estimate of drug-likeness (QED) is 0.694. The Bertz CT molecular complexity index is 562. The van der Waals surface area contributed by atoms with E-state index in [0.717, 1.165) is 57.3 Å². The molecule has 27 heavy (non-hydrogen) atoms. The Morgan fingerprint density at radius 2 is 2.07 bits per heavy atom. The number of rotatable bonds is 7. The van der Waals surface area contributed by atoms with Crippen molar-refractivity contribution in [2.75, 3.05) is 39.3 Å². The third-order valence-corrected chi connectivity index (χ3v) is 5.62. The predicted octanol–water partition coefficient (Wildman–Crippen LogP) is 2.72. The summed E-state index contributed by atoms with van der Waals surface area (Å²) in [6, 6.07) is 2.21. The first-order valence-electron chi connectivity index (χ1n) is 10.4. The number of unbranched alkanes of at least 4 members (excludes halogenated alkanes) is 1. The molecule has 3 unspecified atom stereocenters. The van der Waals surface area contributed by atoms with Gasteiger partial charge >= 0.3 is 0 Å². The summed E-state index contributed by atoms with van der Waals surface area (Å²) >= 11 is 0. The van der Waals surface area contributed by atoms with Crippen LogP contribution in [0.2, 0.25) is 0 Å². The van der Waals surface area contributed by atoms with Gasteiger partial charge in [-0.25, -0.2) is 0 Å². The van der Waals surface area contributed by atoms with Crippen molar-refractivity contribution in [2.45, 2.75) is 52.0 Å². The van der Waals surface area contributed by atoms with Gasteiger partial charge in [-0.3, -0.25) is 9.48 Å². The molecule has 0 radical (unpaired) electrons. The van der Waals surface area contributed by atoms with Gasteiger partial charge < -0.3 is 15.5 Å². The van der Waals surface area contributed by atoms with E-state index in [1.807, 2.05) is 16.9 Å². The minimum absolute atomic E-state index is 0. The van der Waals surface area contributed by atoms with Gasteiger partial charge in [0.1, 0.15) is 5.69 Å². The van der Waals surface area contributed by atoms with E-state index in [1.165, 1.54) is 25.9 Å². The van der Waals surface area contributed by atoms with E-state index in [4.69, 9.17) is 0 Å². The van der Waals surface area contributed by atoms with Gasteiger partial charge in [0.2, 0.25) is 0 Å². The molecule has 0 aromatic carbocycles. The zero-order valence-corrected chi connectivity index (χ0v) is 17.6. The Morgan fingerprint density at radius 1 is 1.30 bits per heavy atom. The number of nitrogens with zero attached hydrogens (tertiary/aromatic N) is 3. The normalized spacial score (nSPS) is 26.4. The van der Waals surface area contributed by atoms with E-state index in [2.05, 4.69) is 34.5 Å². The minimum Gasteiger partial charge on any atom is -0.351 e. The highest BCUT2D eigenvalue weighted by atomic mass is 35.5. The molecule has 0 aliphatic carbocycles. The van der Waals surface area contributed by atoms with Crippen LogP contribution in [0.3, 0.4) is 0 Å². The van der Waals surface area contributed by atoms with Crippen molar-refractivity contribution in [3.8, 4) is 0 Å². The van der Waals surface area contributed by atoms with Crippen molar-refractivity contribution in [3.63, 3.8) is 0 Å². The van der Waals surface area contributed by atoms with Gasteiger partial charge in [-0.1, -0.05) is 13.8 Å². The van der Waals surface area contributed by atoms with Crippen LogP contribution in [0.25, 0.3) is 0 Å². The molecule has 3 rings (SSSR count). The van der Waals surface area contributed by atoms with E-state index in [9.17, 15) is 4.79 Å². The fourth-order valence-corrected chi connectivity index (χ4v) is 4.45. The second-order valence-electron chi connectivity index (χ2n) is 8.35. The SMILES string of the molecule is CC1CC(C)CN(CCCCNC(=O)c2ccn(C3CCCNC3)n2)C1.Cl. The number of aromatic nitrogens is 2. The van der Waals surface area contributed by atoms with Crippen LogP contribution >= 0.6 is 12.4 Å². The molecule has 0 spiro atoms. The highest BCUT2D eigenvalue weighted by Gasteiger charge is 2.21. The third kappa shape index (κ3) is 6.77. The first-order chi connectivity index (χ1) is 12.6. The molecule has 0 saturated carbocycles. The average molecular weight is 398 g/mol. The van der Waals surface area contributed by atoms with Crippen molar-refractivity contribution in [1.29, 1.82) is 0 Å². The molecule has 2 saturated heterocycles. The number of piperidine rings is 2. The molecule has 7 heteroatoms. The summed E-state index contributed by atoms with van der Waals surface area (Å²) < 4.78 is 1.94. The van der Waals surface area contributed by atoms with E-state index in [1.54, 1.807) is 0 Å². The largest absolute Gasteiger partial charge is 0.351 e. The molecule has 3 atom stereocenters. The Hall–Kier alpha value is -1.11. The van der Waals surface area contributed by atoms with Gasteiger partial charge in [-0.05, 0) is 63.1 Å². The number of carbonyl (C=O) groups excluding carboxylic acids is 1. The number of likely N-dealkylation sites (tertiary alicyclic amines) is 1. The van der Waals surface area contributed by atoms with Gasteiger partial charge in [0, 0.05) is 32.4 Å². The lowest BCUT2D eigenvalue weighted by Gasteiger charge is -2.34. The Kier molecular flexibility index (Phi) is 9.06. The number of hydrogen-bond donors (Lipinski definition) is 2. The summed E-state index contributed by atoms with van der Waals surface area (Å²) in [6.07, 6.45) is 7.76. The van der Waals surface area contributed by atoms with E-state index < -0.39 is 0 Å². The number of nitrogens with one attached hydrogen (secondary N) is 2. The molecule has 2 fully saturated rings. The lowest BCUT2D eigenvalue weighted by atomic mass is 9.92. The van der Waals surface area contributed by atoms with Crippen LogP contribution in [0.15, 0.2) is 12.3 Å². The number of amides is 1. The van der Waals surface area contributed by atoms with Crippen LogP contribution < -0.4 is 10.6 Å². The van der Waals surface area contributed by atoms with Crippen LogP contribution in [-0.4, -0.2) is 59.9 Å². The second kappa shape index (κ2) is 11.0. The van der Waals surface area contributed by atoms with Crippen LogP contribution in [0.1, 0.15) is 62.5 Å². The highest BCUT2D eigenvalue weighted by molar-refractivity contribution is 5.92. The first kappa shape index (κ1) is 22.2. The maximum absolute atomic E-state index is 12.3. The molecule has 2 aliphatic rings. The fraction of sp³-hybridized carbons (Fsp3) is 0.800. The number of halogens is 1. The molecule has 0 bridgehead atoms. The standard InChI is InChI=1S/C20H35N5O.ClH/c1-16-12-17(2)15-24(14-16)10-4-3-9-22-20(26)19-7-11-25(23-19)18-6-5-8-21-13-18;/h7,11,16-18,21H,3-6,8-10,12-15H2,1-2H3,(H,22,26);1H. The van der Waals surface area contributed by atoms with Crippen LogP contribution in [0, 0.1) is 11.8 Å². The molecule has 1 aromatic heterocycles. The zero-order valence-electron chi connectivity index (χ0n) is 16.8. The van der Waals surface area contributed by atoms with Gasteiger partial charge in [-0.2, -0.15) is 5.10 Å². The lowest BCUT2D eigenvalue weighted by molar-refractivity contribution is 0.0945. The summed E-state index contributed by atoms with van der Waals surface area (Å²) in [7, 11) is 0. The first-order valence-corrected chi connectivity index (χ1v) is 10.4. The number of hydrogen-bond acceptors (Lipinski definition) is 4. The zero-order chi connectivity index (χ0) is 18.4. The third-order valence-electron chi connectivity index (χ3n) is 5.62. The van der Waals surface area contributed by atoms with Crippen LogP contribution in [0.4, 0.5) is 0 Å². The molecule has 6 nitrogen and oxygen atoms in total. The molecule has 2 aliphatic heterocycles. The topological polar surface area (TPSA) is 62.2 Å². The van der Waals surface area contributed by atoms with Crippen molar-refractivity contribution < 1.29 is 4.79 Å². The van der Waals surface area contributed by atoms with Crippen molar-refractivity contribution >= 4 is 18.3 Å². The Labute approximate surface area is 169 Å². The lowest BCUT2D eigenvalue weighted by Crippen LogP contribution is -2.39. The van der Waals surface area contributed by atoms with E-state index in [-0.39, 0.29) is 18.3 Å². The van der Waals surface area contributed by atoms with Crippen LogP contribution in [0.5, 0.6) is 0 Å². The molecule has 154 valence electrons. The monoisotopic (exact) mass is 397 g/mol. The highest BCUT2D eigenvalue weighted by Crippen LogP contribution is 2.21. The number of carbonyl (C=O) groups is 1. The fourth-order valence-electron chi connectivity index (χ4n) is 4.45.